The minimum Gasteiger partial charge on any atom is -0.360 e. The zero-order valence-electron chi connectivity index (χ0n) is 15.3. The summed E-state index contributed by atoms with van der Waals surface area (Å²) in [5.74, 6) is 0. The molecule has 0 aromatic heterocycles. The third-order valence-electron chi connectivity index (χ3n) is 3.96. The van der Waals surface area contributed by atoms with Crippen LogP contribution >= 0.6 is 12.2 Å². The normalized spacial score (nSPS) is 12.6. The Labute approximate surface area is 161 Å². The second-order valence-electron chi connectivity index (χ2n) is 6.34. The fourth-order valence-corrected chi connectivity index (χ4v) is 3.70. The fraction of sp³-hybridized carbons (Fsp3) is 0.316. The van der Waals surface area contributed by atoms with E-state index in [1.165, 1.54) is 24.0 Å². The predicted molar refractivity (Wildman–Crippen MR) is 111 cm³/mol. The first-order valence-electron chi connectivity index (χ1n) is 8.43. The number of sulfonamides is 1. The minimum atomic E-state index is -3.47. The standard InChI is InChI=1S/C19H25N3O2S2/c1-15(12-13-16-8-5-4-6-9-16)20-19(25)21-17-10-7-11-18(14-17)26(23,24)22(2)3/h4-11,14-15H,12-13H2,1-3H3,(H2,20,21,25)/t15-/m1/s1. The van der Waals surface area contributed by atoms with Crippen LogP contribution in [0.25, 0.3) is 0 Å². The summed E-state index contributed by atoms with van der Waals surface area (Å²) in [7, 11) is -0.448. The van der Waals surface area contributed by atoms with Gasteiger partial charge in [-0.05, 0) is 55.7 Å². The van der Waals surface area contributed by atoms with Gasteiger partial charge in [-0.25, -0.2) is 12.7 Å². The largest absolute Gasteiger partial charge is 0.360 e. The topological polar surface area (TPSA) is 61.4 Å². The van der Waals surface area contributed by atoms with E-state index in [-0.39, 0.29) is 10.9 Å². The molecular weight excluding hydrogens is 366 g/mol. The predicted octanol–water partition coefficient (Wildman–Crippen LogP) is 3.24. The van der Waals surface area contributed by atoms with Crippen LogP contribution in [0.15, 0.2) is 59.5 Å². The first-order valence-corrected chi connectivity index (χ1v) is 10.3. The molecule has 0 aliphatic heterocycles. The van der Waals surface area contributed by atoms with Crippen molar-refractivity contribution in [1.82, 2.24) is 9.62 Å². The summed E-state index contributed by atoms with van der Waals surface area (Å²) >= 11 is 5.35. The van der Waals surface area contributed by atoms with Crippen LogP contribution in [-0.2, 0) is 16.4 Å². The molecule has 0 aliphatic carbocycles. The van der Waals surface area contributed by atoms with Gasteiger partial charge in [-0.15, -0.1) is 0 Å². The average molecular weight is 392 g/mol. The van der Waals surface area contributed by atoms with Crippen LogP contribution in [0.1, 0.15) is 18.9 Å². The van der Waals surface area contributed by atoms with E-state index >= 15 is 0 Å². The van der Waals surface area contributed by atoms with E-state index in [1.54, 1.807) is 24.3 Å². The minimum absolute atomic E-state index is 0.198. The molecule has 0 bridgehead atoms. The van der Waals surface area contributed by atoms with Crippen LogP contribution in [0, 0.1) is 0 Å². The number of nitrogens with one attached hydrogen (secondary N) is 2. The third-order valence-corrected chi connectivity index (χ3v) is 5.99. The molecule has 2 rings (SSSR count). The highest BCUT2D eigenvalue weighted by molar-refractivity contribution is 7.89. The van der Waals surface area contributed by atoms with Gasteiger partial charge < -0.3 is 10.6 Å². The van der Waals surface area contributed by atoms with Crippen molar-refractivity contribution in [2.45, 2.75) is 30.7 Å². The zero-order valence-corrected chi connectivity index (χ0v) is 16.9. The number of aryl methyl sites for hydroxylation is 1. The van der Waals surface area contributed by atoms with Crippen LogP contribution in [0.5, 0.6) is 0 Å². The van der Waals surface area contributed by atoms with E-state index < -0.39 is 10.0 Å². The molecule has 7 heteroatoms. The monoisotopic (exact) mass is 391 g/mol. The van der Waals surface area contributed by atoms with Crippen molar-refractivity contribution >= 4 is 33.0 Å². The van der Waals surface area contributed by atoms with Crippen molar-refractivity contribution in [3.05, 3.63) is 60.2 Å². The van der Waals surface area contributed by atoms with E-state index in [0.717, 1.165) is 12.8 Å². The van der Waals surface area contributed by atoms with Gasteiger partial charge in [0.2, 0.25) is 10.0 Å². The molecular formula is C19H25N3O2S2. The Balaban J connectivity index is 1.91. The maximum Gasteiger partial charge on any atom is 0.242 e. The van der Waals surface area contributed by atoms with E-state index in [2.05, 4.69) is 29.7 Å². The van der Waals surface area contributed by atoms with Gasteiger partial charge in [0.15, 0.2) is 5.11 Å². The Hall–Kier alpha value is -1.96. The van der Waals surface area contributed by atoms with E-state index in [0.29, 0.717) is 10.8 Å². The van der Waals surface area contributed by atoms with Crippen LogP contribution in [0.2, 0.25) is 0 Å². The quantitative estimate of drug-likeness (QED) is 0.710. The van der Waals surface area contributed by atoms with Gasteiger partial charge in [-0.1, -0.05) is 36.4 Å². The van der Waals surface area contributed by atoms with Gasteiger partial charge in [-0.2, -0.15) is 0 Å². The highest BCUT2D eigenvalue weighted by Crippen LogP contribution is 2.18. The van der Waals surface area contributed by atoms with Crippen molar-refractivity contribution in [3.8, 4) is 0 Å². The molecule has 0 spiro atoms. The number of rotatable bonds is 7. The van der Waals surface area contributed by atoms with Crippen molar-refractivity contribution in [2.75, 3.05) is 19.4 Å². The van der Waals surface area contributed by atoms with Gasteiger partial charge in [0.1, 0.15) is 0 Å². The fourth-order valence-electron chi connectivity index (χ4n) is 2.44. The second-order valence-corrected chi connectivity index (χ2v) is 8.90. The summed E-state index contributed by atoms with van der Waals surface area (Å²) in [5.41, 5.74) is 1.93. The number of hydrogen-bond donors (Lipinski definition) is 2. The lowest BCUT2D eigenvalue weighted by Crippen LogP contribution is -2.36. The highest BCUT2D eigenvalue weighted by Gasteiger charge is 2.17. The van der Waals surface area contributed by atoms with E-state index in [1.807, 2.05) is 18.2 Å². The number of nitrogens with zero attached hydrogens (tertiary/aromatic N) is 1. The first-order chi connectivity index (χ1) is 12.3. The molecule has 0 saturated carbocycles. The van der Waals surface area contributed by atoms with Gasteiger partial charge in [0.05, 0.1) is 4.90 Å². The first kappa shape index (κ1) is 20.4. The molecule has 0 aliphatic rings. The van der Waals surface area contributed by atoms with E-state index in [4.69, 9.17) is 12.2 Å². The lowest BCUT2D eigenvalue weighted by atomic mass is 10.1. The Morgan fingerprint density at radius 2 is 1.81 bits per heavy atom. The molecule has 0 amide bonds. The Morgan fingerprint density at radius 1 is 1.12 bits per heavy atom. The van der Waals surface area contributed by atoms with E-state index in [9.17, 15) is 8.42 Å². The molecule has 5 nitrogen and oxygen atoms in total. The molecule has 2 aromatic carbocycles. The molecule has 0 saturated heterocycles. The summed E-state index contributed by atoms with van der Waals surface area (Å²) in [5, 5.41) is 6.78. The summed E-state index contributed by atoms with van der Waals surface area (Å²) < 4.78 is 25.6. The smallest absolute Gasteiger partial charge is 0.242 e. The molecule has 2 N–H and O–H groups in total. The lowest BCUT2D eigenvalue weighted by molar-refractivity contribution is 0.521. The molecule has 0 unspecified atom stereocenters. The van der Waals surface area contributed by atoms with Gasteiger partial charge in [-0.3, -0.25) is 0 Å². The SMILES string of the molecule is C[C@H](CCc1ccccc1)NC(=S)Nc1cccc(S(=O)(=O)N(C)C)c1. The Kier molecular flexibility index (Phi) is 7.14. The van der Waals surface area contributed by atoms with Gasteiger partial charge >= 0.3 is 0 Å². The van der Waals surface area contributed by atoms with Crippen molar-refractivity contribution < 1.29 is 8.42 Å². The molecule has 0 fully saturated rings. The lowest BCUT2D eigenvalue weighted by Gasteiger charge is -2.18. The van der Waals surface area contributed by atoms with Crippen molar-refractivity contribution in [2.24, 2.45) is 0 Å². The summed E-state index contributed by atoms with van der Waals surface area (Å²) in [6.45, 7) is 2.07. The summed E-state index contributed by atoms with van der Waals surface area (Å²) in [6.07, 6.45) is 1.91. The molecule has 0 heterocycles. The van der Waals surface area contributed by atoms with Crippen LogP contribution in [0.3, 0.4) is 0 Å². The van der Waals surface area contributed by atoms with Crippen LogP contribution in [-0.4, -0.2) is 38.0 Å². The maximum absolute atomic E-state index is 12.2. The highest BCUT2D eigenvalue weighted by atomic mass is 32.2. The van der Waals surface area contributed by atoms with Crippen LogP contribution < -0.4 is 10.6 Å². The van der Waals surface area contributed by atoms with Crippen LogP contribution in [0.4, 0.5) is 5.69 Å². The maximum atomic E-state index is 12.2. The molecule has 2 aromatic rings. The number of anilines is 1. The molecule has 0 radical (unpaired) electrons. The summed E-state index contributed by atoms with van der Waals surface area (Å²) in [4.78, 5) is 0.229. The van der Waals surface area contributed by atoms with Crippen molar-refractivity contribution in [3.63, 3.8) is 0 Å². The summed E-state index contributed by atoms with van der Waals surface area (Å²) in [6, 6.07) is 17.1. The van der Waals surface area contributed by atoms with Gasteiger partial charge in [0, 0.05) is 25.8 Å². The molecule has 26 heavy (non-hydrogen) atoms. The Morgan fingerprint density at radius 3 is 2.46 bits per heavy atom. The van der Waals surface area contributed by atoms with Gasteiger partial charge in [0.25, 0.3) is 0 Å². The second kappa shape index (κ2) is 9.12. The number of thiocarbonyl (C=S) groups is 1. The zero-order chi connectivity index (χ0) is 19.2. The third kappa shape index (κ3) is 5.79. The van der Waals surface area contributed by atoms with Crippen molar-refractivity contribution in [1.29, 1.82) is 0 Å². The average Bonchev–Trinajstić information content (AvgIpc) is 2.61. The number of benzene rings is 2. The molecule has 1 atom stereocenters. The molecule has 140 valence electrons. The Bertz CT molecular complexity index is 837. The number of hydrogen-bond acceptors (Lipinski definition) is 3.